The zero-order valence-electron chi connectivity index (χ0n) is 61.3. The number of fused-ring (bicyclic) bond motifs is 3. The third-order valence-electron chi connectivity index (χ3n) is 20.9. The van der Waals surface area contributed by atoms with Crippen LogP contribution in [-0.2, 0) is 24.4 Å². The third-order valence-corrected chi connectivity index (χ3v) is 22.2. The average Bonchev–Trinajstić information content (AvgIpc) is 1.28. The number of hydrogen-bond acceptors (Lipinski definition) is 21. The standard InChI is InChI=1S/C27H33ClN6O4.C24H31ClN6O3.C18H18Cl2N4O3.C6H14N2/c1-4-23(35)30-19-7-5-6-8-20(19)31-26-29-13-17-15-33(21-11-18(37-2)12-22(38-3)24(21)28)27(36)34(25(17)32-26)14-16-9-10-16;1-33-16-9-19(21(25)20(10-16)34-2)30-13-15-11-27-23(28-18-6-4-3-5-17(18)26)29-22(15)31(24(30)32)12-14-7-8-14;1-26-12-5-13(15(19)14(6-12)27-2)23-9-11-7-21-17(20)22-16(11)24(18(23)25)8-10-3-4-10;7-5-3-1-2-4-6(5)8/h4,11-13,16,19-20H,1,5-10,14-15H2,2-3H3,(H,30,35)(H,29,31,32);9-11,14,17-18H,3-8,12-13,26H2,1-2H3,(H,27,28,29);5-7,10H,3-4,8-9H2,1-2H3;5-6H,1-4,7-8H2. The Bertz CT molecular complexity index is 4200. The second-order valence-electron chi connectivity index (χ2n) is 28.5. The lowest BCUT2D eigenvalue weighted by Crippen LogP contribution is -2.49. The van der Waals surface area contributed by atoms with Gasteiger partial charge in [0.05, 0.1) is 79.4 Å². The number of hydrogen-bond donors (Lipinski definition) is 6. The quantitative estimate of drug-likeness (QED) is 0.0288. The molecular weight excluding hydrogens is 1450 g/mol. The summed E-state index contributed by atoms with van der Waals surface area (Å²) < 4.78 is 32.3. The summed E-state index contributed by atoms with van der Waals surface area (Å²) in [5.41, 5.74) is 21.6. The van der Waals surface area contributed by atoms with Gasteiger partial charge in [-0.05, 0) is 112 Å². The number of nitrogens with one attached hydrogen (secondary N) is 3. The molecule has 6 saturated carbocycles. The van der Waals surface area contributed by atoms with Gasteiger partial charge in [-0.1, -0.05) is 79.9 Å². The van der Waals surface area contributed by atoms with Crippen LogP contribution in [0.4, 0.5) is 60.8 Å². The van der Waals surface area contributed by atoms with Crippen molar-refractivity contribution in [2.45, 2.75) is 171 Å². The first-order valence-corrected chi connectivity index (χ1v) is 38.2. The summed E-state index contributed by atoms with van der Waals surface area (Å²) in [4.78, 5) is 90.1. The van der Waals surface area contributed by atoms with Crippen LogP contribution in [0.2, 0.25) is 20.4 Å². The molecule has 0 saturated heterocycles. The fraction of sp³-hybridized carbons (Fsp3) is 0.520. The summed E-state index contributed by atoms with van der Waals surface area (Å²) in [5, 5.41) is 11.0. The Balaban J connectivity index is 0.000000144. The lowest BCUT2D eigenvalue weighted by atomic mass is 9.90. The lowest BCUT2D eigenvalue weighted by Gasteiger charge is -2.37. The molecule has 574 valence electrons. The molecule has 6 aliphatic carbocycles. The molecule has 3 aromatic carbocycles. The van der Waals surface area contributed by atoms with E-state index in [4.69, 9.17) is 102 Å². The predicted octanol–water partition coefficient (Wildman–Crippen LogP) is 13.1. The third kappa shape index (κ3) is 18.6. The van der Waals surface area contributed by atoms with Gasteiger partial charge in [0.25, 0.3) is 0 Å². The molecule has 7 amide bonds. The minimum absolute atomic E-state index is 0.0126. The fourth-order valence-electron chi connectivity index (χ4n) is 14.1. The monoisotopic (exact) mass is 1550 g/mol. The molecule has 107 heavy (non-hydrogen) atoms. The summed E-state index contributed by atoms with van der Waals surface area (Å²) in [7, 11) is 9.26. The molecule has 6 unspecified atom stereocenters. The molecule has 32 heteroatoms. The normalized spacial score (nSPS) is 21.7. The van der Waals surface area contributed by atoms with E-state index in [0.29, 0.717) is 140 Å². The highest BCUT2D eigenvalue weighted by molar-refractivity contribution is 6.37. The van der Waals surface area contributed by atoms with E-state index in [2.05, 4.69) is 42.5 Å². The molecule has 6 aromatic rings. The van der Waals surface area contributed by atoms with Gasteiger partial charge in [0.15, 0.2) is 0 Å². The van der Waals surface area contributed by atoms with Crippen molar-refractivity contribution in [2.75, 3.05) is 102 Å². The van der Waals surface area contributed by atoms with Crippen LogP contribution >= 0.6 is 46.4 Å². The van der Waals surface area contributed by atoms with E-state index in [1.807, 2.05) is 0 Å². The number of rotatable bonds is 21. The minimum atomic E-state index is -0.208. The van der Waals surface area contributed by atoms with Gasteiger partial charge >= 0.3 is 18.1 Å². The van der Waals surface area contributed by atoms with Crippen molar-refractivity contribution in [3.05, 3.63) is 105 Å². The molecule has 3 aromatic heterocycles. The molecule has 0 bridgehead atoms. The van der Waals surface area contributed by atoms with Crippen molar-refractivity contribution in [1.82, 2.24) is 35.2 Å². The molecule has 15 rings (SSSR count). The maximum absolute atomic E-state index is 13.9. The second kappa shape index (κ2) is 35.2. The van der Waals surface area contributed by atoms with Crippen molar-refractivity contribution >= 4 is 117 Å². The van der Waals surface area contributed by atoms with Crippen molar-refractivity contribution < 1.29 is 47.6 Å². The number of carbonyl (C=O) groups excluding carboxylic acids is 4. The number of ether oxygens (including phenoxy) is 6. The molecule has 6 heterocycles. The molecule has 6 atom stereocenters. The van der Waals surface area contributed by atoms with Crippen LogP contribution in [0.3, 0.4) is 0 Å². The molecule has 0 radical (unpaired) electrons. The zero-order chi connectivity index (χ0) is 75.7. The van der Waals surface area contributed by atoms with Crippen LogP contribution < -0.4 is 91.0 Å². The Morgan fingerprint density at radius 2 is 0.794 bits per heavy atom. The number of halogens is 4. The highest BCUT2D eigenvalue weighted by Crippen LogP contribution is 2.47. The Kier molecular flexibility index (Phi) is 25.6. The van der Waals surface area contributed by atoms with E-state index in [0.717, 1.165) is 119 Å². The van der Waals surface area contributed by atoms with Crippen LogP contribution in [0, 0.1) is 17.8 Å². The second-order valence-corrected chi connectivity index (χ2v) is 30.0. The number of nitrogens with two attached hydrogens (primary N) is 3. The maximum atomic E-state index is 13.9. The largest absolute Gasteiger partial charge is 0.497 e. The van der Waals surface area contributed by atoms with Gasteiger partial charge in [-0.25, -0.2) is 29.3 Å². The van der Waals surface area contributed by atoms with Crippen LogP contribution in [0.25, 0.3) is 0 Å². The van der Waals surface area contributed by atoms with E-state index in [9.17, 15) is 19.2 Å². The summed E-state index contributed by atoms with van der Waals surface area (Å²) in [6, 6.07) is 10.4. The van der Waals surface area contributed by atoms with E-state index in [1.165, 1.54) is 40.2 Å². The number of aromatic nitrogens is 6. The first kappa shape index (κ1) is 78.0. The molecule has 9 N–H and O–H groups in total. The summed E-state index contributed by atoms with van der Waals surface area (Å²) in [6.45, 7) is 6.17. The number of carbonyl (C=O) groups is 4. The molecule has 9 aliphatic rings. The molecular formula is C75H96Cl4N18O10. The first-order chi connectivity index (χ1) is 51.7. The SMILES string of the molecule is C=CC(=O)NC1CCCCC1Nc1ncc2c(n1)N(CC1CC1)C(=O)N(c1cc(OC)cc(OC)c1Cl)C2.COc1cc(OC)c(Cl)c(N2Cc3cnc(Cl)nc3N(CC3CC3)C2=O)c1.COc1cc(OC)c(Cl)c(N2Cc3cnc(NC4CCCCC4N)nc3N(CC3CC3)C2=O)c1.NC1CCCCC1N. The summed E-state index contributed by atoms with van der Waals surface area (Å²) in [6.07, 6.45) is 26.0. The predicted molar refractivity (Wildman–Crippen MR) is 416 cm³/mol. The number of urea groups is 3. The van der Waals surface area contributed by atoms with Crippen LogP contribution in [0.5, 0.6) is 34.5 Å². The lowest BCUT2D eigenvalue weighted by molar-refractivity contribution is -0.117. The highest BCUT2D eigenvalue weighted by atomic mass is 35.5. The van der Waals surface area contributed by atoms with Gasteiger partial charge in [-0.2, -0.15) is 15.0 Å². The van der Waals surface area contributed by atoms with E-state index < -0.39 is 0 Å². The van der Waals surface area contributed by atoms with E-state index in [-0.39, 0.29) is 78.6 Å². The van der Waals surface area contributed by atoms with Crippen LogP contribution in [-0.4, -0.2) is 152 Å². The van der Waals surface area contributed by atoms with E-state index in [1.54, 1.807) is 106 Å². The average molecular weight is 1550 g/mol. The molecule has 6 fully saturated rings. The zero-order valence-corrected chi connectivity index (χ0v) is 64.4. The molecule has 28 nitrogen and oxygen atoms in total. The van der Waals surface area contributed by atoms with Gasteiger partial charge < -0.3 is 61.6 Å². The number of anilines is 8. The Labute approximate surface area is 644 Å². The van der Waals surface area contributed by atoms with Gasteiger partial charge in [-0.3, -0.25) is 34.2 Å². The van der Waals surface area contributed by atoms with Gasteiger partial charge in [-0.15, -0.1) is 0 Å². The van der Waals surface area contributed by atoms with Gasteiger partial charge in [0.2, 0.25) is 23.1 Å². The minimum Gasteiger partial charge on any atom is -0.497 e. The fourth-order valence-corrected chi connectivity index (χ4v) is 15.1. The Morgan fingerprint density at radius 3 is 1.14 bits per heavy atom. The Morgan fingerprint density at radius 1 is 0.458 bits per heavy atom. The number of methoxy groups -OCH3 is 6. The van der Waals surface area contributed by atoms with Crippen molar-refractivity contribution in [1.29, 1.82) is 0 Å². The molecule has 3 aliphatic heterocycles. The highest BCUT2D eigenvalue weighted by Gasteiger charge is 2.42. The molecule has 0 spiro atoms. The first-order valence-electron chi connectivity index (χ1n) is 36.7. The summed E-state index contributed by atoms with van der Waals surface area (Å²) >= 11 is 25.8. The van der Waals surface area contributed by atoms with Gasteiger partial charge in [0.1, 0.15) is 67.0 Å². The number of benzene rings is 3. The van der Waals surface area contributed by atoms with Crippen molar-refractivity contribution in [2.24, 2.45) is 35.0 Å². The number of amides is 7. The number of nitrogens with zero attached hydrogens (tertiary/aromatic N) is 12. The Hall–Kier alpha value is -8.64. The maximum Gasteiger partial charge on any atom is 0.330 e. The summed E-state index contributed by atoms with van der Waals surface area (Å²) in [5.74, 6) is 6.93. The van der Waals surface area contributed by atoms with Gasteiger partial charge in [0, 0.05) is 128 Å². The topological polar surface area (TPSA) is 335 Å². The van der Waals surface area contributed by atoms with Crippen LogP contribution in [0.1, 0.15) is 132 Å². The van der Waals surface area contributed by atoms with Crippen LogP contribution in [0.15, 0.2) is 67.6 Å². The van der Waals surface area contributed by atoms with E-state index >= 15 is 0 Å². The van der Waals surface area contributed by atoms with Crippen molar-refractivity contribution in [3.8, 4) is 34.5 Å². The van der Waals surface area contributed by atoms with Crippen molar-refractivity contribution in [3.63, 3.8) is 0 Å². The smallest absolute Gasteiger partial charge is 0.330 e.